The number of hydrogen-bond acceptors (Lipinski definition) is 4. The molecule has 32 heavy (non-hydrogen) atoms. The molecule has 0 aliphatic carbocycles. The van der Waals surface area contributed by atoms with Gasteiger partial charge in [0.05, 0.1) is 18.6 Å². The Hall–Kier alpha value is -2.77. The molecule has 8 nitrogen and oxygen atoms in total. The lowest BCUT2D eigenvalue weighted by molar-refractivity contribution is -0.136. The summed E-state index contributed by atoms with van der Waals surface area (Å²) in [5.74, 6) is 1.11. The molecule has 0 unspecified atom stereocenters. The number of carbonyl (C=O) groups is 3. The van der Waals surface area contributed by atoms with Gasteiger partial charge in [0.1, 0.15) is 5.75 Å². The summed E-state index contributed by atoms with van der Waals surface area (Å²) in [5, 5.41) is 3.03. The van der Waals surface area contributed by atoms with Gasteiger partial charge in [-0.3, -0.25) is 9.59 Å². The van der Waals surface area contributed by atoms with Crippen LogP contribution in [0.3, 0.4) is 0 Å². The monoisotopic (exact) mass is 442 g/mol. The molecule has 174 valence electrons. The third kappa shape index (κ3) is 3.91. The molecule has 1 aromatic carbocycles. The van der Waals surface area contributed by atoms with Gasteiger partial charge >= 0.3 is 6.03 Å². The highest BCUT2D eigenvalue weighted by Gasteiger charge is 2.61. The van der Waals surface area contributed by atoms with E-state index >= 15 is 0 Å². The SMILES string of the molecule is CCN1C(=O)[C@@H]2CN(C(C)=O)C[C@H]2C12CCN(C(=O)NCCc1ccc(OC)cc1)CC2. The molecule has 1 aromatic rings. The molecule has 3 aliphatic heterocycles. The number of amides is 4. The highest BCUT2D eigenvalue weighted by Crippen LogP contribution is 2.49. The average Bonchev–Trinajstić information content (AvgIpc) is 3.34. The van der Waals surface area contributed by atoms with Crippen molar-refractivity contribution in [2.75, 3.05) is 46.4 Å². The number of nitrogens with one attached hydrogen (secondary N) is 1. The fourth-order valence-corrected chi connectivity index (χ4v) is 5.90. The van der Waals surface area contributed by atoms with Gasteiger partial charge in [0, 0.05) is 52.1 Å². The molecular weight excluding hydrogens is 408 g/mol. The number of nitrogens with zero attached hydrogens (tertiary/aromatic N) is 3. The minimum atomic E-state index is -0.236. The Morgan fingerprint density at radius 3 is 2.41 bits per heavy atom. The number of benzene rings is 1. The number of hydrogen-bond donors (Lipinski definition) is 1. The van der Waals surface area contributed by atoms with E-state index in [0.717, 1.165) is 30.6 Å². The van der Waals surface area contributed by atoms with Crippen molar-refractivity contribution in [3.05, 3.63) is 29.8 Å². The molecule has 0 aromatic heterocycles. The zero-order valence-corrected chi connectivity index (χ0v) is 19.3. The van der Waals surface area contributed by atoms with Crippen LogP contribution in [0.5, 0.6) is 5.75 Å². The van der Waals surface area contributed by atoms with E-state index in [1.807, 2.05) is 45.9 Å². The van der Waals surface area contributed by atoms with E-state index in [4.69, 9.17) is 4.74 Å². The first-order valence-corrected chi connectivity index (χ1v) is 11.6. The van der Waals surface area contributed by atoms with Gasteiger partial charge in [0.25, 0.3) is 0 Å². The van der Waals surface area contributed by atoms with Crippen molar-refractivity contribution in [3.63, 3.8) is 0 Å². The Bertz CT molecular complexity index is 863. The van der Waals surface area contributed by atoms with Crippen LogP contribution in [-0.4, -0.2) is 84.5 Å². The van der Waals surface area contributed by atoms with Crippen LogP contribution in [0.2, 0.25) is 0 Å². The number of rotatable bonds is 5. The second-order valence-electron chi connectivity index (χ2n) is 9.14. The second kappa shape index (κ2) is 9.00. The zero-order chi connectivity index (χ0) is 22.9. The molecule has 4 rings (SSSR count). The molecule has 8 heteroatoms. The van der Waals surface area contributed by atoms with E-state index in [9.17, 15) is 14.4 Å². The van der Waals surface area contributed by atoms with Crippen molar-refractivity contribution >= 4 is 17.8 Å². The van der Waals surface area contributed by atoms with Crippen LogP contribution in [0.1, 0.15) is 32.3 Å². The molecule has 0 saturated carbocycles. The molecular formula is C24H34N4O4. The normalized spacial score (nSPS) is 24.1. The third-order valence-corrected chi connectivity index (χ3v) is 7.66. The molecule has 4 amide bonds. The predicted octanol–water partition coefficient (Wildman–Crippen LogP) is 1.74. The third-order valence-electron chi connectivity index (χ3n) is 7.66. The van der Waals surface area contributed by atoms with Crippen molar-refractivity contribution in [2.24, 2.45) is 11.8 Å². The number of urea groups is 1. The van der Waals surface area contributed by atoms with Crippen molar-refractivity contribution in [3.8, 4) is 5.75 Å². The molecule has 3 saturated heterocycles. The number of methoxy groups -OCH3 is 1. The van der Waals surface area contributed by atoms with E-state index in [1.54, 1.807) is 14.0 Å². The molecule has 3 aliphatic rings. The summed E-state index contributed by atoms with van der Waals surface area (Å²) in [4.78, 5) is 43.5. The summed E-state index contributed by atoms with van der Waals surface area (Å²) in [5.41, 5.74) is 0.912. The number of fused-ring (bicyclic) bond motifs is 2. The summed E-state index contributed by atoms with van der Waals surface area (Å²) < 4.78 is 5.18. The summed E-state index contributed by atoms with van der Waals surface area (Å²) in [6.45, 7) is 7.30. The summed E-state index contributed by atoms with van der Waals surface area (Å²) >= 11 is 0. The minimum absolute atomic E-state index is 0.0408. The van der Waals surface area contributed by atoms with E-state index in [1.165, 1.54) is 0 Å². The molecule has 0 radical (unpaired) electrons. The Labute approximate surface area is 189 Å². The largest absolute Gasteiger partial charge is 0.497 e. The first kappa shape index (κ1) is 22.4. The predicted molar refractivity (Wildman–Crippen MR) is 120 cm³/mol. The van der Waals surface area contributed by atoms with Gasteiger partial charge in [0.15, 0.2) is 0 Å². The van der Waals surface area contributed by atoms with Gasteiger partial charge in [-0.05, 0) is 43.9 Å². The topological polar surface area (TPSA) is 82.2 Å². The first-order valence-electron chi connectivity index (χ1n) is 11.6. The maximum Gasteiger partial charge on any atom is 0.317 e. The standard InChI is InChI=1S/C24H34N4O4/c1-4-28-22(30)20-15-27(17(2)29)16-21(20)24(28)10-13-26(14-11-24)23(31)25-12-9-18-5-7-19(32-3)8-6-18/h5-8,20-21H,4,9-16H2,1-3H3,(H,25,31)/t20-,21-/m1/s1. The van der Waals surface area contributed by atoms with Crippen LogP contribution in [0.4, 0.5) is 4.79 Å². The number of carbonyl (C=O) groups excluding carboxylic acids is 3. The van der Waals surface area contributed by atoms with Gasteiger partial charge < -0.3 is 24.8 Å². The van der Waals surface area contributed by atoms with Crippen molar-refractivity contribution in [1.29, 1.82) is 0 Å². The van der Waals surface area contributed by atoms with Crippen LogP contribution < -0.4 is 10.1 Å². The van der Waals surface area contributed by atoms with Gasteiger partial charge in [-0.15, -0.1) is 0 Å². The van der Waals surface area contributed by atoms with Crippen LogP contribution in [0.15, 0.2) is 24.3 Å². The van der Waals surface area contributed by atoms with Gasteiger partial charge in [-0.25, -0.2) is 4.79 Å². The van der Waals surface area contributed by atoms with Gasteiger partial charge in [-0.1, -0.05) is 12.1 Å². The maximum atomic E-state index is 13.1. The lowest BCUT2D eigenvalue weighted by Gasteiger charge is -2.47. The zero-order valence-electron chi connectivity index (χ0n) is 19.3. The fourth-order valence-electron chi connectivity index (χ4n) is 5.90. The lowest BCUT2D eigenvalue weighted by atomic mass is 9.75. The molecule has 3 heterocycles. The summed E-state index contributed by atoms with van der Waals surface area (Å²) in [6, 6.07) is 7.82. The average molecular weight is 443 g/mol. The quantitative estimate of drug-likeness (QED) is 0.753. The molecule has 0 bridgehead atoms. The smallest absolute Gasteiger partial charge is 0.317 e. The van der Waals surface area contributed by atoms with Crippen molar-refractivity contribution < 1.29 is 19.1 Å². The van der Waals surface area contributed by atoms with E-state index in [-0.39, 0.29) is 35.2 Å². The first-order chi connectivity index (χ1) is 15.4. The van der Waals surface area contributed by atoms with E-state index in [0.29, 0.717) is 39.3 Å². The molecule has 3 fully saturated rings. The van der Waals surface area contributed by atoms with Crippen LogP contribution >= 0.6 is 0 Å². The molecule has 2 atom stereocenters. The van der Waals surface area contributed by atoms with Gasteiger partial charge in [-0.2, -0.15) is 0 Å². The van der Waals surface area contributed by atoms with E-state index < -0.39 is 0 Å². The van der Waals surface area contributed by atoms with Crippen molar-refractivity contribution in [2.45, 2.75) is 38.6 Å². The minimum Gasteiger partial charge on any atom is -0.497 e. The fraction of sp³-hybridized carbons (Fsp3) is 0.625. The Kier molecular flexibility index (Phi) is 6.31. The van der Waals surface area contributed by atoms with Crippen molar-refractivity contribution in [1.82, 2.24) is 20.0 Å². The van der Waals surface area contributed by atoms with Crippen LogP contribution in [-0.2, 0) is 16.0 Å². The highest BCUT2D eigenvalue weighted by atomic mass is 16.5. The summed E-state index contributed by atoms with van der Waals surface area (Å²) in [6.07, 6.45) is 2.30. The van der Waals surface area contributed by atoms with Crippen LogP contribution in [0.25, 0.3) is 0 Å². The highest BCUT2D eigenvalue weighted by molar-refractivity contribution is 5.85. The summed E-state index contributed by atoms with van der Waals surface area (Å²) in [7, 11) is 1.64. The number of ether oxygens (including phenoxy) is 1. The second-order valence-corrected chi connectivity index (χ2v) is 9.14. The number of piperidine rings is 1. The van der Waals surface area contributed by atoms with E-state index in [2.05, 4.69) is 5.32 Å². The Morgan fingerprint density at radius 1 is 1.12 bits per heavy atom. The van der Waals surface area contributed by atoms with Gasteiger partial charge in [0.2, 0.25) is 11.8 Å². The Balaban J connectivity index is 1.33. The lowest BCUT2D eigenvalue weighted by Crippen LogP contribution is -2.59. The number of likely N-dealkylation sites (tertiary alicyclic amines) is 3. The maximum absolute atomic E-state index is 13.1. The molecule has 1 N–H and O–H groups in total. The van der Waals surface area contributed by atoms with Crippen LogP contribution in [0, 0.1) is 11.8 Å². The Morgan fingerprint density at radius 2 is 1.81 bits per heavy atom. The molecule has 1 spiro atoms.